The first-order valence-electron chi connectivity index (χ1n) is 7.85. The Bertz CT molecular complexity index is 862. The number of terminal acetylenes is 1. The average Bonchev–Trinajstić information content (AvgIpc) is 2.77. The van der Waals surface area contributed by atoms with Crippen LogP contribution in [-0.2, 0) is 21.1 Å². The van der Waals surface area contributed by atoms with Crippen molar-refractivity contribution in [3.8, 4) is 12.3 Å². The number of ether oxygens (including phenoxy) is 1. The van der Waals surface area contributed by atoms with Crippen molar-refractivity contribution in [1.82, 2.24) is 14.6 Å². The van der Waals surface area contributed by atoms with Crippen molar-refractivity contribution >= 4 is 18.2 Å². The van der Waals surface area contributed by atoms with Crippen LogP contribution in [-0.4, -0.2) is 56.9 Å². The SMILES string of the molecule is C#CC1(O)C(O)C(COP(C)(=S)NC(C)C)OC1n1ccc(=O)[nH]c1=O. The number of hydrogen-bond acceptors (Lipinski definition) is 7. The van der Waals surface area contributed by atoms with Crippen LogP contribution in [0.2, 0.25) is 0 Å². The van der Waals surface area contributed by atoms with E-state index in [1.165, 1.54) is 0 Å². The molecule has 1 aliphatic heterocycles. The summed E-state index contributed by atoms with van der Waals surface area (Å²) >= 11 is 5.38. The lowest BCUT2D eigenvalue weighted by molar-refractivity contribution is -0.0752. The van der Waals surface area contributed by atoms with Gasteiger partial charge in [-0.25, -0.2) is 4.79 Å². The first-order valence-corrected chi connectivity index (χ1v) is 11.0. The Hall–Kier alpha value is -1.31. The van der Waals surface area contributed by atoms with E-state index in [0.29, 0.717) is 0 Å². The molecule has 1 aliphatic rings. The van der Waals surface area contributed by atoms with Gasteiger partial charge in [0.1, 0.15) is 18.6 Å². The van der Waals surface area contributed by atoms with Crippen LogP contribution in [0.3, 0.4) is 0 Å². The van der Waals surface area contributed by atoms with E-state index >= 15 is 0 Å². The Morgan fingerprint density at radius 3 is 2.81 bits per heavy atom. The van der Waals surface area contributed by atoms with Crippen LogP contribution in [0, 0.1) is 12.3 Å². The Labute approximate surface area is 155 Å². The van der Waals surface area contributed by atoms with Gasteiger partial charge < -0.3 is 19.5 Å². The molecule has 4 N–H and O–H groups in total. The van der Waals surface area contributed by atoms with Crippen LogP contribution < -0.4 is 16.3 Å². The fourth-order valence-corrected chi connectivity index (χ4v) is 4.93. The van der Waals surface area contributed by atoms with Gasteiger partial charge in [-0.15, -0.1) is 6.42 Å². The van der Waals surface area contributed by atoms with Crippen molar-refractivity contribution in [3.63, 3.8) is 0 Å². The van der Waals surface area contributed by atoms with Gasteiger partial charge in [-0.3, -0.25) is 19.4 Å². The third-order valence-electron chi connectivity index (χ3n) is 3.80. The number of hydrogen-bond donors (Lipinski definition) is 4. The Kier molecular flexibility index (Phi) is 6.25. The van der Waals surface area contributed by atoms with Crippen molar-refractivity contribution < 1.29 is 19.5 Å². The van der Waals surface area contributed by atoms with Crippen LogP contribution in [0.25, 0.3) is 0 Å². The molecule has 1 aromatic rings. The summed E-state index contributed by atoms with van der Waals surface area (Å²) in [5, 5.41) is 24.2. The maximum absolute atomic E-state index is 12.0. The summed E-state index contributed by atoms with van der Waals surface area (Å²) in [7, 11) is 0. The number of nitrogens with one attached hydrogen (secondary N) is 2. The fourth-order valence-electron chi connectivity index (χ4n) is 2.67. The first-order chi connectivity index (χ1) is 12.0. The summed E-state index contributed by atoms with van der Waals surface area (Å²) in [5.41, 5.74) is -3.62. The zero-order valence-electron chi connectivity index (χ0n) is 14.6. The van der Waals surface area contributed by atoms with Crippen LogP contribution in [0.5, 0.6) is 0 Å². The number of aliphatic hydroxyl groups excluding tert-OH is 1. The lowest BCUT2D eigenvalue weighted by Crippen LogP contribution is -2.48. The summed E-state index contributed by atoms with van der Waals surface area (Å²) in [6.45, 7) is 5.45. The van der Waals surface area contributed by atoms with Crippen LogP contribution in [0.4, 0.5) is 0 Å². The molecule has 1 aromatic heterocycles. The molecule has 0 bridgehead atoms. The summed E-state index contributed by atoms with van der Waals surface area (Å²) in [6.07, 6.45) is 0.237. The number of H-pyrrole nitrogens is 1. The van der Waals surface area contributed by atoms with Crippen molar-refractivity contribution in [2.45, 2.75) is 43.9 Å². The fraction of sp³-hybridized carbons (Fsp3) is 0.600. The maximum Gasteiger partial charge on any atom is 0.330 e. The third kappa shape index (κ3) is 4.32. The molecule has 1 fully saturated rings. The molecule has 2 heterocycles. The van der Waals surface area contributed by atoms with Crippen molar-refractivity contribution in [1.29, 1.82) is 0 Å². The van der Waals surface area contributed by atoms with Crippen LogP contribution in [0.15, 0.2) is 21.9 Å². The average molecular weight is 403 g/mol. The van der Waals surface area contributed by atoms with Crippen molar-refractivity contribution in [3.05, 3.63) is 33.1 Å². The Morgan fingerprint density at radius 2 is 2.27 bits per heavy atom. The zero-order valence-corrected chi connectivity index (χ0v) is 16.3. The molecule has 26 heavy (non-hydrogen) atoms. The summed E-state index contributed by atoms with van der Waals surface area (Å²) in [6, 6.07) is 1.19. The molecule has 2 rings (SSSR count). The second kappa shape index (κ2) is 7.74. The molecule has 0 saturated carbocycles. The molecular formula is C15H22N3O6PS. The van der Waals surface area contributed by atoms with E-state index in [0.717, 1.165) is 16.8 Å². The molecule has 11 heteroatoms. The molecule has 144 valence electrons. The Balaban J connectivity index is 2.25. The van der Waals surface area contributed by atoms with Gasteiger partial charge in [0.2, 0.25) is 0 Å². The van der Waals surface area contributed by atoms with Gasteiger partial charge >= 0.3 is 5.69 Å². The lowest BCUT2D eigenvalue weighted by atomic mass is 9.95. The van der Waals surface area contributed by atoms with Gasteiger partial charge in [0.25, 0.3) is 5.56 Å². The molecule has 0 radical (unpaired) electrons. The van der Waals surface area contributed by atoms with Gasteiger partial charge in [-0.2, -0.15) is 0 Å². The molecule has 5 atom stereocenters. The smallest absolute Gasteiger partial charge is 0.330 e. The molecule has 0 amide bonds. The number of aromatic nitrogens is 2. The predicted octanol–water partition coefficient (Wildman–Crippen LogP) is -0.887. The number of nitrogens with zero attached hydrogens (tertiary/aromatic N) is 1. The van der Waals surface area contributed by atoms with Gasteiger partial charge in [-0.05, 0) is 13.8 Å². The number of rotatable bonds is 6. The van der Waals surface area contributed by atoms with E-state index < -0.39 is 41.7 Å². The minimum absolute atomic E-state index is 0.107. The van der Waals surface area contributed by atoms with Gasteiger partial charge in [-0.1, -0.05) is 17.7 Å². The molecule has 9 nitrogen and oxygen atoms in total. The monoisotopic (exact) mass is 403 g/mol. The molecule has 1 saturated heterocycles. The lowest BCUT2D eigenvalue weighted by Gasteiger charge is -2.26. The molecular weight excluding hydrogens is 381 g/mol. The molecule has 0 aliphatic carbocycles. The predicted molar refractivity (Wildman–Crippen MR) is 99.5 cm³/mol. The van der Waals surface area contributed by atoms with Crippen LogP contribution in [0.1, 0.15) is 20.1 Å². The highest BCUT2D eigenvalue weighted by Gasteiger charge is 2.56. The van der Waals surface area contributed by atoms with E-state index in [1.807, 2.05) is 18.8 Å². The van der Waals surface area contributed by atoms with Gasteiger partial charge in [0.05, 0.1) is 6.61 Å². The van der Waals surface area contributed by atoms with Crippen LogP contribution >= 0.6 is 6.42 Å². The minimum atomic E-state index is -2.34. The standard InChI is InChI=1S/C15H22N3O6PS/c1-5-15(22)12(20)10(8-23-25(4,26)17-9(2)3)24-13(15)18-7-6-11(19)16-14(18)21/h1,6-7,9-10,12-13,20,22H,8H2,2-4H3,(H,17,26)(H,16,19,21). The van der Waals surface area contributed by atoms with E-state index in [4.69, 9.17) is 27.5 Å². The highest BCUT2D eigenvalue weighted by molar-refractivity contribution is 8.11. The third-order valence-corrected chi connectivity index (χ3v) is 6.06. The van der Waals surface area contributed by atoms with E-state index in [9.17, 15) is 19.8 Å². The highest BCUT2D eigenvalue weighted by atomic mass is 32.4. The number of aliphatic hydroxyl groups is 2. The maximum atomic E-state index is 12.0. The summed E-state index contributed by atoms with van der Waals surface area (Å²) in [4.78, 5) is 25.3. The van der Waals surface area contributed by atoms with E-state index in [2.05, 4.69) is 11.0 Å². The van der Waals surface area contributed by atoms with Gasteiger partial charge in [0.15, 0.2) is 11.8 Å². The van der Waals surface area contributed by atoms with E-state index in [1.54, 1.807) is 6.66 Å². The topological polar surface area (TPSA) is 126 Å². The quantitative estimate of drug-likeness (QED) is 0.356. The normalized spacial score (nSPS) is 30.9. The van der Waals surface area contributed by atoms with Crippen molar-refractivity contribution in [2.24, 2.45) is 0 Å². The second-order valence-corrected chi connectivity index (χ2v) is 10.7. The summed E-state index contributed by atoms with van der Waals surface area (Å²) in [5.74, 6) is 2.08. The highest BCUT2D eigenvalue weighted by Crippen LogP contribution is 2.42. The Morgan fingerprint density at radius 1 is 1.62 bits per heavy atom. The molecule has 5 unspecified atom stereocenters. The first kappa shape index (κ1) is 21.0. The van der Waals surface area contributed by atoms with Gasteiger partial charge in [0, 0.05) is 25.0 Å². The largest absolute Gasteiger partial charge is 0.386 e. The van der Waals surface area contributed by atoms with Crippen molar-refractivity contribution in [2.75, 3.05) is 13.3 Å². The molecule has 0 spiro atoms. The summed E-state index contributed by atoms with van der Waals surface area (Å²) < 4.78 is 12.2. The molecule has 0 aromatic carbocycles. The minimum Gasteiger partial charge on any atom is -0.386 e. The number of aromatic amines is 1. The second-order valence-electron chi connectivity index (χ2n) is 6.38. The van der Waals surface area contributed by atoms with E-state index in [-0.39, 0.29) is 12.6 Å². The zero-order chi connectivity index (χ0) is 19.7.